The Labute approximate surface area is 195 Å². The standard InChI is InChI=1S/C28H33NO4/c1-5-19-26(30)25-20(14-15-29(6-2)7-3)21(28(31)32)12-13-24(25)33-27(19)23-16-22(23)18-10-8-17(4)9-11-18/h8-13,22-23H,5-7,14-16H2,1-4H3,(H,31,32). The van der Waals surface area contributed by atoms with Gasteiger partial charge in [-0.2, -0.15) is 0 Å². The van der Waals surface area contributed by atoms with Gasteiger partial charge in [-0.3, -0.25) is 4.79 Å². The predicted octanol–water partition coefficient (Wildman–Crippen LogP) is 5.52. The molecule has 0 radical (unpaired) electrons. The lowest BCUT2D eigenvalue weighted by Gasteiger charge is -2.19. The van der Waals surface area contributed by atoms with E-state index in [2.05, 4.69) is 49.9 Å². The Morgan fingerprint density at radius 2 is 1.73 bits per heavy atom. The van der Waals surface area contributed by atoms with Crippen molar-refractivity contribution in [1.29, 1.82) is 0 Å². The minimum atomic E-state index is -1.01. The third-order valence-corrected chi connectivity index (χ3v) is 7.08. The number of fused-ring (bicyclic) bond motifs is 1. The fourth-order valence-corrected chi connectivity index (χ4v) is 4.97. The zero-order valence-corrected chi connectivity index (χ0v) is 20.0. The van der Waals surface area contributed by atoms with E-state index in [0.717, 1.165) is 25.3 Å². The molecule has 1 saturated carbocycles. The third-order valence-electron chi connectivity index (χ3n) is 7.08. The molecule has 0 amide bonds. The summed E-state index contributed by atoms with van der Waals surface area (Å²) in [4.78, 5) is 27.9. The molecule has 0 aliphatic heterocycles. The molecule has 1 aliphatic rings. The van der Waals surface area contributed by atoms with Crippen LogP contribution in [0.25, 0.3) is 11.0 Å². The van der Waals surface area contributed by atoms with Gasteiger partial charge in [0.15, 0.2) is 5.43 Å². The quantitative estimate of drug-likeness (QED) is 0.468. The van der Waals surface area contributed by atoms with E-state index < -0.39 is 5.97 Å². The highest BCUT2D eigenvalue weighted by Crippen LogP contribution is 2.55. The van der Waals surface area contributed by atoms with Gasteiger partial charge in [0.05, 0.1) is 10.9 Å². The number of hydrogen-bond acceptors (Lipinski definition) is 4. The molecule has 5 heteroatoms. The summed E-state index contributed by atoms with van der Waals surface area (Å²) in [6, 6.07) is 11.8. The molecule has 0 bridgehead atoms. The minimum Gasteiger partial charge on any atom is -0.478 e. The van der Waals surface area contributed by atoms with E-state index >= 15 is 0 Å². The van der Waals surface area contributed by atoms with E-state index in [9.17, 15) is 14.7 Å². The number of aromatic carboxylic acids is 1. The average Bonchev–Trinajstić information content (AvgIpc) is 3.60. The van der Waals surface area contributed by atoms with Crippen LogP contribution in [0, 0.1) is 6.92 Å². The number of hydrogen-bond donors (Lipinski definition) is 1. The third kappa shape index (κ3) is 4.47. The molecule has 1 N–H and O–H groups in total. The molecule has 174 valence electrons. The molecule has 1 aliphatic carbocycles. The van der Waals surface area contributed by atoms with E-state index in [0.29, 0.717) is 47.4 Å². The maximum absolute atomic E-state index is 13.7. The van der Waals surface area contributed by atoms with Crippen LogP contribution in [0.15, 0.2) is 45.6 Å². The Bertz CT molecular complexity index is 1220. The van der Waals surface area contributed by atoms with E-state index in [1.54, 1.807) is 12.1 Å². The highest BCUT2D eigenvalue weighted by Gasteiger charge is 2.43. The number of carbonyl (C=O) groups is 1. The number of benzene rings is 2. The number of carboxylic acid groups (broad SMARTS) is 1. The van der Waals surface area contributed by atoms with Gasteiger partial charge in [0, 0.05) is 18.0 Å². The number of carboxylic acids is 1. The first kappa shape index (κ1) is 23.2. The fraction of sp³-hybridized carbons (Fsp3) is 0.429. The van der Waals surface area contributed by atoms with Crippen molar-refractivity contribution < 1.29 is 14.3 Å². The SMILES string of the molecule is CCc1c(C2CC2c2ccc(C)cc2)oc2ccc(C(=O)O)c(CCN(CC)CC)c2c1=O. The first-order chi connectivity index (χ1) is 15.9. The zero-order valence-electron chi connectivity index (χ0n) is 20.0. The van der Waals surface area contributed by atoms with Crippen LogP contribution in [0.3, 0.4) is 0 Å². The van der Waals surface area contributed by atoms with Crippen molar-refractivity contribution in [1.82, 2.24) is 4.90 Å². The molecule has 33 heavy (non-hydrogen) atoms. The molecular formula is C28H33NO4. The van der Waals surface area contributed by atoms with Crippen molar-refractivity contribution in [3.05, 3.63) is 80.2 Å². The monoisotopic (exact) mass is 447 g/mol. The second-order valence-electron chi connectivity index (χ2n) is 9.03. The maximum Gasteiger partial charge on any atom is 0.335 e. The molecule has 3 aromatic rings. The van der Waals surface area contributed by atoms with Gasteiger partial charge in [0.1, 0.15) is 11.3 Å². The molecular weight excluding hydrogens is 414 g/mol. The van der Waals surface area contributed by atoms with Crippen molar-refractivity contribution in [3.63, 3.8) is 0 Å². The summed E-state index contributed by atoms with van der Waals surface area (Å²) in [6.45, 7) is 10.7. The van der Waals surface area contributed by atoms with Crippen LogP contribution in [0.2, 0.25) is 0 Å². The second-order valence-corrected chi connectivity index (χ2v) is 9.03. The number of rotatable bonds is 9. The lowest BCUT2D eigenvalue weighted by molar-refractivity contribution is 0.0695. The number of likely N-dealkylation sites (N-methyl/N-ethyl adjacent to an activating group) is 1. The molecule has 0 spiro atoms. The topological polar surface area (TPSA) is 70.8 Å². The van der Waals surface area contributed by atoms with Crippen LogP contribution >= 0.6 is 0 Å². The molecule has 4 rings (SSSR count). The van der Waals surface area contributed by atoms with Crippen LogP contribution < -0.4 is 5.43 Å². The Hall–Kier alpha value is -2.92. The summed E-state index contributed by atoms with van der Waals surface area (Å²) in [5.41, 5.74) is 4.41. The van der Waals surface area contributed by atoms with Gasteiger partial charge in [0.2, 0.25) is 0 Å². The van der Waals surface area contributed by atoms with E-state index in [4.69, 9.17) is 4.42 Å². The smallest absolute Gasteiger partial charge is 0.335 e. The second kappa shape index (κ2) is 9.52. The highest BCUT2D eigenvalue weighted by molar-refractivity contribution is 5.96. The van der Waals surface area contributed by atoms with Crippen LogP contribution in [-0.4, -0.2) is 35.6 Å². The van der Waals surface area contributed by atoms with Gasteiger partial charge in [-0.15, -0.1) is 0 Å². The summed E-state index contributed by atoms with van der Waals surface area (Å²) in [5, 5.41) is 10.2. The Kier molecular flexibility index (Phi) is 6.71. The zero-order chi connectivity index (χ0) is 23.7. The van der Waals surface area contributed by atoms with Gasteiger partial charge in [-0.1, -0.05) is 50.6 Å². The van der Waals surface area contributed by atoms with Crippen molar-refractivity contribution in [2.75, 3.05) is 19.6 Å². The van der Waals surface area contributed by atoms with Crippen LogP contribution in [0.1, 0.15) is 77.4 Å². The highest BCUT2D eigenvalue weighted by atomic mass is 16.4. The molecule has 2 aromatic carbocycles. The molecule has 5 nitrogen and oxygen atoms in total. The molecule has 1 fully saturated rings. The lowest BCUT2D eigenvalue weighted by atomic mass is 9.95. The first-order valence-electron chi connectivity index (χ1n) is 12.0. The van der Waals surface area contributed by atoms with Gasteiger partial charge < -0.3 is 14.4 Å². The Morgan fingerprint density at radius 3 is 2.33 bits per heavy atom. The van der Waals surface area contributed by atoms with Crippen LogP contribution in [0.5, 0.6) is 0 Å². The summed E-state index contributed by atoms with van der Waals surface area (Å²) < 4.78 is 6.39. The Balaban J connectivity index is 1.79. The molecule has 1 aromatic heterocycles. The van der Waals surface area contributed by atoms with Crippen LogP contribution in [0.4, 0.5) is 0 Å². The number of aryl methyl sites for hydroxylation is 1. The summed E-state index contributed by atoms with van der Waals surface area (Å²) in [5.74, 6) is 0.322. The van der Waals surface area contributed by atoms with Gasteiger partial charge in [0.25, 0.3) is 0 Å². The van der Waals surface area contributed by atoms with Crippen molar-refractivity contribution in [2.45, 2.75) is 58.8 Å². The maximum atomic E-state index is 13.7. The van der Waals surface area contributed by atoms with Gasteiger partial charge in [-0.05, 0) is 68.5 Å². The summed E-state index contributed by atoms with van der Waals surface area (Å²) in [7, 11) is 0. The Morgan fingerprint density at radius 1 is 1.03 bits per heavy atom. The molecule has 2 unspecified atom stereocenters. The predicted molar refractivity (Wildman–Crippen MR) is 132 cm³/mol. The summed E-state index contributed by atoms with van der Waals surface area (Å²) >= 11 is 0. The summed E-state index contributed by atoms with van der Waals surface area (Å²) in [6.07, 6.45) is 2.04. The normalized spacial score (nSPS) is 17.6. The van der Waals surface area contributed by atoms with Gasteiger partial charge in [-0.25, -0.2) is 4.79 Å². The fourth-order valence-electron chi connectivity index (χ4n) is 4.97. The largest absolute Gasteiger partial charge is 0.478 e. The minimum absolute atomic E-state index is 0.0686. The van der Waals surface area contributed by atoms with Crippen molar-refractivity contribution >= 4 is 16.9 Å². The molecule has 0 saturated heterocycles. The van der Waals surface area contributed by atoms with Crippen molar-refractivity contribution in [3.8, 4) is 0 Å². The van der Waals surface area contributed by atoms with Gasteiger partial charge >= 0.3 is 5.97 Å². The first-order valence-corrected chi connectivity index (χ1v) is 12.0. The number of nitrogens with zero attached hydrogens (tertiary/aromatic N) is 1. The molecule has 2 atom stereocenters. The lowest BCUT2D eigenvalue weighted by Crippen LogP contribution is -2.26. The van der Waals surface area contributed by atoms with E-state index in [1.807, 2.05) is 6.92 Å². The van der Waals surface area contributed by atoms with Crippen LogP contribution in [-0.2, 0) is 12.8 Å². The van der Waals surface area contributed by atoms with E-state index in [-0.39, 0.29) is 16.9 Å². The molecule has 1 heterocycles. The van der Waals surface area contributed by atoms with E-state index in [1.165, 1.54) is 11.1 Å². The van der Waals surface area contributed by atoms with Crippen molar-refractivity contribution in [2.24, 2.45) is 0 Å². The average molecular weight is 448 g/mol.